The molecule has 0 saturated heterocycles. The van der Waals surface area contributed by atoms with E-state index in [4.69, 9.17) is 4.52 Å². The van der Waals surface area contributed by atoms with Crippen LogP contribution in [0.2, 0.25) is 0 Å². The van der Waals surface area contributed by atoms with Gasteiger partial charge in [-0.3, -0.25) is 4.98 Å². The van der Waals surface area contributed by atoms with E-state index in [1.807, 2.05) is 12.1 Å². The van der Waals surface area contributed by atoms with Gasteiger partial charge in [-0.25, -0.2) is 4.79 Å². The fourth-order valence-electron chi connectivity index (χ4n) is 6.43. The molecule has 1 amide bonds. The number of rotatable bonds is 6. The fraction of sp³-hybridized carbons (Fsp3) is 0.619. The third-order valence-corrected chi connectivity index (χ3v) is 6.97. The van der Waals surface area contributed by atoms with Gasteiger partial charge >= 0.3 is 6.09 Å². The first-order chi connectivity index (χ1) is 13.6. The van der Waals surface area contributed by atoms with Crippen molar-refractivity contribution in [1.29, 1.82) is 0 Å². The molecule has 7 heteroatoms. The largest absolute Gasteiger partial charge is 0.465 e. The van der Waals surface area contributed by atoms with Crippen molar-refractivity contribution in [1.82, 2.24) is 20.4 Å². The summed E-state index contributed by atoms with van der Waals surface area (Å²) in [7, 11) is 0. The second-order valence-electron chi connectivity index (χ2n) is 9.20. The number of pyridine rings is 1. The average Bonchev–Trinajstić information content (AvgIpc) is 3.08. The minimum Gasteiger partial charge on any atom is -0.465 e. The van der Waals surface area contributed by atoms with E-state index >= 15 is 0 Å². The Morgan fingerprint density at radius 3 is 2.43 bits per heavy atom. The molecule has 0 aliphatic heterocycles. The lowest BCUT2D eigenvalue weighted by molar-refractivity contribution is -0.0533. The minimum atomic E-state index is -1.10. The first kappa shape index (κ1) is 17.6. The van der Waals surface area contributed by atoms with Crippen molar-refractivity contribution in [2.75, 3.05) is 0 Å². The number of hydrogen-bond acceptors (Lipinski definition) is 5. The third kappa shape index (κ3) is 3.50. The Bertz CT molecular complexity index is 815. The summed E-state index contributed by atoms with van der Waals surface area (Å²) in [6, 6.07) is 3.17. The first-order valence-corrected chi connectivity index (χ1v) is 10.3. The third-order valence-electron chi connectivity index (χ3n) is 6.97. The highest BCUT2D eigenvalue weighted by Gasteiger charge is 2.51. The number of aromatic nitrogens is 3. The number of amides is 1. The van der Waals surface area contributed by atoms with Gasteiger partial charge in [0.05, 0.1) is 0 Å². The smallest absolute Gasteiger partial charge is 0.405 e. The van der Waals surface area contributed by atoms with E-state index in [9.17, 15) is 9.90 Å². The zero-order valence-corrected chi connectivity index (χ0v) is 15.9. The predicted molar refractivity (Wildman–Crippen MR) is 100 cm³/mol. The molecule has 4 bridgehead atoms. The zero-order valence-electron chi connectivity index (χ0n) is 15.9. The highest BCUT2D eigenvalue weighted by atomic mass is 16.5. The van der Waals surface area contributed by atoms with Crippen LogP contribution in [0.4, 0.5) is 4.79 Å². The summed E-state index contributed by atoms with van der Waals surface area (Å²) in [6.45, 7) is 0. The lowest BCUT2D eigenvalue weighted by Gasteiger charge is -2.56. The summed E-state index contributed by atoms with van der Waals surface area (Å²) < 4.78 is 5.51. The van der Waals surface area contributed by atoms with Gasteiger partial charge in [0, 0.05) is 25.2 Å². The number of nitrogens with one attached hydrogen (secondary N) is 1. The summed E-state index contributed by atoms with van der Waals surface area (Å²) in [4.78, 5) is 19.9. The van der Waals surface area contributed by atoms with Crippen LogP contribution in [0.3, 0.4) is 0 Å². The van der Waals surface area contributed by atoms with E-state index in [2.05, 4.69) is 20.4 Å². The Balaban J connectivity index is 1.33. The highest BCUT2D eigenvalue weighted by Crippen LogP contribution is 2.60. The van der Waals surface area contributed by atoms with Crippen molar-refractivity contribution in [3.63, 3.8) is 0 Å². The van der Waals surface area contributed by atoms with Crippen LogP contribution in [0.25, 0.3) is 0 Å². The van der Waals surface area contributed by atoms with Gasteiger partial charge in [0.25, 0.3) is 0 Å². The molecule has 2 N–H and O–H groups in total. The van der Waals surface area contributed by atoms with Gasteiger partial charge in [0.1, 0.15) is 6.04 Å². The SMILES string of the molecule is O=C(O)NC(Cc1ccncc1)c1nc(CC23CC4CC(CC(C4)C2)C3)no1. The summed E-state index contributed by atoms with van der Waals surface area (Å²) in [5.74, 6) is 3.71. The van der Waals surface area contributed by atoms with Crippen molar-refractivity contribution < 1.29 is 14.4 Å². The maximum Gasteiger partial charge on any atom is 0.405 e. The molecule has 2 aromatic heterocycles. The van der Waals surface area contributed by atoms with E-state index in [0.29, 0.717) is 17.7 Å². The molecule has 2 heterocycles. The Kier molecular flexibility index (Phi) is 4.33. The van der Waals surface area contributed by atoms with E-state index < -0.39 is 12.1 Å². The maximum atomic E-state index is 11.3. The Morgan fingerprint density at radius 1 is 1.18 bits per heavy atom. The van der Waals surface area contributed by atoms with E-state index in [1.54, 1.807) is 12.4 Å². The van der Waals surface area contributed by atoms with Gasteiger partial charge in [-0.15, -0.1) is 0 Å². The molecule has 148 valence electrons. The number of hydrogen-bond donors (Lipinski definition) is 2. The Hall–Kier alpha value is -2.44. The second-order valence-corrected chi connectivity index (χ2v) is 9.20. The molecule has 6 rings (SSSR count). The molecule has 0 aromatic carbocycles. The van der Waals surface area contributed by atoms with Crippen LogP contribution in [-0.4, -0.2) is 26.3 Å². The molecular weight excluding hydrogens is 356 g/mol. The van der Waals surface area contributed by atoms with Gasteiger partial charge in [-0.05, 0) is 79.4 Å². The molecule has 4 fully saturated rings. The van der Waals surface area contributed by atoms with E-state index in [1.165, 1.54) is 38.5 Å². The molecule has 2 aromatic rings. The first-order valence-electron chi connectivity index (χ1n) is 10.3. The van der Waals surface area contributed by atoms with Crippen LogP contribution in [-0.2, 0) is 12.8 Å². The number of nitrogens with zero attached hydrogens (tertiary/aromatic N) is 3. The molecule has 1 unspecified atom stereocenters. The van der Waals surface area contributed by atoms with Gasteiger partial charge in [0.15, 0.2) is 5.82 Å². The van der Waals surface area contributed by atoms with E-state index in [0.717, 1.165) is 35.6 Å². The monoisotopic (exact) mass is 382 g/mol. The van der Waals surface area contributed by atoms with Crippen LogP contribution >= 0.6 is 0 Å². The maximum absolute atomic E-state index is 11.3. The topological polar surface area (TPSA) is 101 Å². The molecular formula is C21H26N4O3. The molecule has 28 heavy (non-hydrogen) atoms. The summed E-state index contributed by atoms with van der Waals surface area (Å²) in [5.41, 5.74) is 1.30. The second kappa shape index (κ2) is 6.87. The standard InChI is InChI=1S/C21H26N4O3/c26-20(27)23-17(8-13-1-3-22-4-2-13)19-24-18(25-28-19)12-21-9-14-5-15(10-21)7-16(6-14)11-21/h1-4,14-17,23H,5-12H2,(H,26,27). The van der Waals surface area contributed by atoms with Crippen molar-refractivity contribution in [2.45, 2.75) is 57.4 Å². The predicted octanol–water partition coefficient (Wildman–Crippen LogP) is 3.77. The van der Waals surface area contributed by atoms with E-state index in [-0.39, 0.29) is 0 Å². The molecule has 7 nitrogen and oxygen atoms in total. The number of carbonyl (C=O) groups is 1. The summed E-state index contributed by atoms with van der Waals surface area (Å²) in [6.07, 6.45) is 11.7. The van der Waals surface area contributed by atoms with Crippen LogP contribution in [0.1, 0.15) is 61.8 Å². The lowest BCUT2D eigenvalue weighted by atomic mass is 9.49. The van der Waals surface area contributed by atoms with Gasteiger partial charge in [-0.1, -0.05) is 5.16 Å². The van der Waals surface area contributed by atoms with Gasteiger partial charge in [-0.2, -0.15) is 4.98 Å². The summed E-state index contributed by atoms with van der Waals surface area (Å²) in [5, 5.41) is 16.0. The van der Waals surface area contributed by atoms with Crippen molar-refractivity contribution in [3.05, 3.63) is 41.8 Å². The lowest BCUT2D eigenvalue weighted by Crippen LogP contribution is -2.47. The van der Waals surface area contributed by atoms with Crippen LogP contribution < -0.4 is 5.32 Å². The van der Waals surface area contributed by atoms with Crippen molar-refractivity contribution in [3.8, 4) is 0 Å². The van der Waals surface area contributed by atoms with Crippen LogP contribution in [0.15, 0.2) is 29.0 Å². The van der Waals surface area contributed by atoms with Crippen molar-refractivity contribution in [2.24, 2.45) is 23.2 Å². The van der Waals surface area contributed by atoms with Crippen molar-refractivity contribution >= 4 is 6.09 Å². The Morgan fingerprint density at radius 2 is 1.82 bits per heavy atom. The highest BCUT2D eigenvalue weighted by molar-refractivity contribution is 5.65. The zero-order chi connectivity index (χ0) is 19.1. The van der Waals surface area contributed by atoms with Gasteiger partial charge in [0.2, 0.25) is 5.89 Å². The van der Waals surface area contributed by atoms with Crippen LogP contribution in [0.5, 0.6) is 0 Å². The Labute approximate surface area is 163 Å². The minimum absolute atomic E-state index is 0.330. The fourth-order valence-corrected chi connectivity index (χ4v) is 6.43. The molecule has 4 saturated carbocycles. The average molecular weight is 382 g/mol. The molecule has 4 aliphatic rings. The normalized spacial score (nSPS) is 31.6. The molecule has 0 radical (unpaired) electrons. The molecule has 1 atom stereocenters. The van der Waals surface area contributed by atoms with Gasteiger partial charge < -0.3 is 14.9 Å². The quantitative estimate of drug-likeness (QED) is 0.788. The van der Waals surface area contributed by atoms with Crippen LogP contribution in [0, 0.1) is 23.2 Å². The number of carboxylic acid groups (broad SMARTS) is 1. The molecule has 0 spiro atoms. The summed E-state index contributed by atoms with van der Waals surface area (Å²) >= 11 is 0. The molecule has 4 aliphatic carbocycles.